The minimum absolute atomic E-state index is 0.00842. The van der Waals surface area contributed by atoms with E-state index in [1.807, 2.05) is 25.1 Å². The van der Waals surface area contributed by atoms with Crippen molar-refractivity contribution in [2.75, 3.05) is 19.0 Å². The molecule has 20 heavy (non-hydrogen) atoms. The van der Waals surface area contributed by atoms with Crippen LogP contribution in [0.25, 0.3) is 0 Å². The predicted octanol–water partition coefficient (Wildman–Crippen LogP) is 3.38. The van der Waals surface area contributed by atoms with Gasteiger partial charge in [0.05, 0.1) is 5.56 Å². The molecule has 1 N–H and O–H groups in total. The summed E-state index contributed by atoms with van der Waals surface area (Å²) in [5.41, 5.74) is 0.807. The van der Waals surface area contributed by atoms with Gasteiger partial charge in [0.15, 0.2) is 11.6 Å². The third-order valence-corrected chi connectivity index (χ3v) is 2.74. The van der Waals surface area contributed by atoms with Gasteiger partial charge in [-0.25, -0.2) is 9.18 Å². The average Bonchev–Trinajstić information content (AvgIpc) is 2.41. The molecule has 0 aromatic heterocycles. The van der Waals surface area contributed by atoms with Gasteiger partial charge in [-0.15, -0.1) is 0 Å². The number of benzene rings is 2. The molecule has 0 amide bonds. The molecule has 0 bridgehead atoms. The zero-order chi connectivity index (χ0) is 14.7. The highest BCUT2D eigenvalue weighted by Gasteiger charge is 2.10. The van der Waals surface area contributed by atoms with Crippen molar-refractivity contribution in [3.63, 3.8) is 0 Å². The summed E-state index contributed by atoms with van der Waals surface area (Å²) in [7, 11) is 3.78. The first-order valence-electron chi connectivity index (χ1n) is 5.95. The molecule has 0 aliphatic heterocycles. The minimum atomic E-state index is -1.18. The molecule has 0 spiro atoms. The molecule has 0 atom stereocenters. The Morgan fingerprint density at radius 2 is 1.95 bits per heavy atom. The Labute approximate surface area is 116 Å². The molecule has 104 valence electrons. The van der Waals surface area contributed by atoms with Crippen LogP contribution in [-0.4, -0.2) is 25.2 Å². The van der Waals surface area contributed by atoms with Crippen LogP contribution in [0.3, 0.4) is 0 Å². The third kappa shape index (κ3) is 3.06. The number of halogens is 1. The predicted molar refractivity (Wildman–Crippen MR) is 74.2 cm³/mol. The van der Waals surface area contributed by atoms with E-state index < -0.39 is 11.8 Å². The quantitative estimate of drug-likeness (QED) is 0.929. The van der Waals surface area contributed by atoms with Gasteiger partial charge in [0.2, 0.25) is 0 Å². The number of carboxylic acids is 1. The van der Waals surface area contributed by atoms with E-state index in [0.717, 1.165) is 11.8 Å². The smallest absolute Gasteiger partial charge is 0.335 e. The van der Waals surface area contributed by atoms with E-state index >= 15 is 0 Å². The lowest BCUT2D eigenvalue weighted by molar-refractivity contribution is 0.0696. The number of carbonyl (C=O) groups is 1. The summed E-state index contributed by atoms with van der Waals surface area (Å²) in [6.45, 7) is 0. The Morgan fingerprint density at radius 1 is 1.20 bits per heavy atom. The number of rotatable bonds is 4. The Kier molecular flexibility index (Phi) is 3.89. The number of nitrogens with zero attached hydrogens (tertiary/aromatic N) is 1. The van der Waals surface area contributed by atoms with Crippen LogP contribution in [0.5, 0.6) is 11.5 Å². The normalized spacial score (nSPS) is 10.2. The molecule has 4 nitrogen and oxygen atoms in total. The molecule has 2 aromatic rings. The largest absolute Gasteiger partial charge is 0.478 e. The van der Waals surface area contributed by atoms with Gasteiger partial charge < -0.3 is 14.7 Å². The Hall–Kier alpha value is -2.56. The Bertz CT molecular complexity index is 641. The fourth-order valence-corrected chi connectivity index (χ4v) is 1.67. The molecular formula is C15H14FNO3. The van der Waals surface area contributed by atoms with Crippen molar-refractivity contribution in [1.29, 1.82) is 0 Å². The monoisotopic (exact) mass is 275 g/mol. The first-order valence-corrected chi connectivity index (χ1v) is 5.95. The van der Waals surface area contributed by atoms with Crippen molar-refractivity contribution in [1.82, 2.24) is 0 Å². The molecule has 5 heteroatoms. The molecule has 0 saturated carbocycles. The zero-order valence-corrected chi connectivity index (χ0v) is 11.1. The molecule has 2 rings (SSSR count). The molecule has 0 unspecified atom stereocenters. The SMILES string of the molecule is CN(C)c1cccc(Oc2ccc(C(=O)O)cc2F)c1. The molecule has 2 aromatic carbocycles. The second kappa shape index (κ2) is 5.61. The number of hydrogen-bond acceptors (Lipinski definition) is 3. The molecule has 0 aliphatic carbocycles. The maximum absolute atomic E-state index is 13.8. The lowest BCUT2D eigenvalue weighted by Crippen LogP contribution is -2.08. The number of hydrogen-bond donors (Lipinski definition) is 1. The van der Waals surface area contributed by atoms with E-state index in [2.05, 4.69) is 0 Å². The van der Waals surface area contributed by atoms with Crippen LogP contribution in [0.2, 0.25) is 0 Å². The summed E-state index contributed by atoms with van der Waals surface area (Å²) in [4.78, 5) is 12.6. The van der Waals surface area contributed by atoms with Gasteiger partial charge in [-0.3, -0.25) is 0 Å². The highest BCUT2D eigenvalue weighted by Crippen LogP contribution is 2.27. The molecule has 0 aliphatic rings. The van der Waals surface area contributed by atoms with E-state index in [1.165, 1.54) is 12.1 Å². The van der Waals surface area contributed by atoms with Crippen LogP contribution in [0, 0.1) is 5.82 Å². The lowest BCUT2D eigenvalue weighted by Gasteiger charge is -2.14. The maximum Gasteiger partial charge on any atom is 0.335 e. The van der Waals surface area contributed by atoms with E-state index in [-0.39, 0.29) is 11.3 Å². The van der Waals surface area contributed by atoms with Crippen LogP contribution in [0.1, 0.15) is 10.4 Å². The highest BCUT2D eigenvalue weighted by atomic mass is 19.1. The van der Waals surface area contributed by atoms with E-state index in [9.17, 15) is 9.18 Å². The summed E-state index contributed by atoms with van der Waals surface area (Å²) in [5.74, 6) is -1.41. The highest BCUT2D eigenvalue weighted by molar-refractivity contribution is 5.87. The fraction of sp³-hybridized carbons (Fsp3) is 0.133. The van der Waals surface area contributed by atoms with Crippen LogP contribution < -0.4 is 9.64 Å². The summed E-state index contributed by atoms with van der Waals surface area (Å²) in [6.07, 6.45) is 0. The van der Waals surface area contributed by atoms with Crippen LogP contribution in [0.15, 0.2) is 42.5 Å². The van der Waals surface area contributed by atoms with Crippen molar-refractivity contribution in [3.8, 4) is 11.5 Å². The van der Waals surface area contributed by atoms with Gasteiger partial charge in [-0.05, 0) is 30.3 Å². The van der Waals surface area contributed by atoms with E-state index in [0.29, 0.717) is 5.75 Å². The lowest BCUT2D eigenvalue weighted by atomic mass is 10.2. The van der Waals surface area contributed by atoms with Crippen molar-refractivity contribution >= 4 is 11.7 Å². The number of ether oxygens (including phenoxy) is 1. The first-order chi connectivity index (χ1) is 9.47. The number of carboxylic acid groups (broad SMARTS) is 1. The second-order valence-corrected chi connectivity index (χ2v) is 4.44. The van der Waals surface area contributed by atoms with Crippen LogP contribution in [-0.2, 0) is 0 Å². The third-order valence-electron chi connectivity index (χ3n) is 2.74. The van der Waals surface area contributed by atoms with E-state index in [1.54, 1.807) is 18.2 Å². The number of aromatic carboxylic acids is 1. The zero-order valence-electron chi connectivity index (χ0n) is 11.1. The molecule has 0 radical (unpaired) electrons. The van der Waals surface area contributed by atoms with Crippen LogP contribution >= 0.6 is 0 Å². The topological polar surface area (TPSA) is 49.8 Å². The van der Waals surface area contributed by atoms with Crippen molar-refractivity contribution in [3.05, 3.63) is 53.8 Å². The van der Waals surface area contributed by atoms with Crippen molar-refractivity contribution < 1.29 is 19.0 Å². The summed E-state index contributed by atoms with van der Waals surface area (Å²) < 4.78 is 19.2. The average molecular weight is 275 g/mol. The standard InChI is InChI=1S/C15H14FNO3/c1-17(2)11-4-3-5-12(9-11)20-14-7-6-10(15(18)19)8-13(14)16/h3-9H,1-2H3,(H,18,19). The van der Waals surface area contributed by atoms with Crippen LogP contribution in [0.4, 0.5) is 10.1 Å². The van der Waals surface area contributed by atoms with Gasteiger partial charge in [0.1, 0.15) is 5.75 Å². The van der Waals surface area contributed by atoms with Gasteiger partial charge in [-0.2, -0.15) is 0 Å². The summed E-state index contributed by atoms with van der Waals surface area (Å²) in [6, 6.07) is 10.7. The maximum atomic E-state index is 13.8. The Balaban J connectivity index is 2.26. The second-order valence-electron chi connectivity index (χ2n) is 4.44. The van der Waals surface area contributed by atoms with Gasteiger partial charge >= 0.3 is 5.97 Å². The molecular weight excluding hydrogens is 261 g/mol. The molecule has 0 heterocycles. The Morgan fingerprint density at radius 3 is 2.55 bits per heavy atom. The van der Waals surface area contributed by atoms with E-state index in [4.69, 9.17) is 9.84 Å². The minimum Gasteiger partial charge on any atom is -0.478 e. The molecule has 0 saturated heterocycles. The van der Waals surface area contributed by atoms with Gasteiger partial charge in [0, 0.05) is 25.8 Å². The molecule has 0 fully saturated rings. The van der Waals surface area contributed by atoms with Gasteiger partial charge in [-0.1, -0.05) is 6.07 Å². The van der Waals surface area contributed by atoms with Crippen molar-refractivity contribution in [2.45, 2.75) is 0 Å². The summed E-state index contributed by atoms with van der Waals surface area (Å²) >= 11 is 0. The number of anilines is 1. The fourth-order valence-electron chi connectivity index (χ4n) is 1.67. The summed E-state index contributed by atoms with van der Waals surface area (Å²) in [5, 5.41) is 8.77. The van der Waals surface area contributed by atoms with Gasteiger partial charge in [0.25, 0.3) is 0 Å². The van der Waals surface area contributed by atoms with Crippen molar-refractivity contribution in [2.24, 2.45) is 0 Å². The first kappa shape index (κ1) is 13.9.